The molecule has 1 amide bonds. The Kier molecular flexibility index (Phi) is 6.13. The van der Waals surface area contributed by atoms with Gasteiger partial charge in [-0.25, -0.2) is 8.42 Å². The molecular formula is C20H23N3O4S. The Bertz CT molecular complexity index is 965. The molecule has 8 heteroatoms. The summed E-state index contributed by atoms with van der Waals surface area (Å²) in [7, 11) is -3.66. The number of rotatable bonds is 6. The number of benzene rings is 2. The molecule has 148 valence electrons. The molecule has 0 unspecified atom stereocenters. The summed E-state index contributed by atoms with van der Waals surface area (Å²) < 4.78 is 32.1. The monoisotopic (exact) mass is 401 g/mol. The molecule has 1 heterocycles. The van der Waals surface area contributed by atoms with Crippen molar-refractivity contribution in [3.8, 4) is 0 Å². The number of morpholine rings is 1. The minimum absolute atomic E-state index is 0.0828. The van der Waals surface area contributed by atoms with E-state index in [4.69, 9.17) is 4.74 Å². The molecule has 0 radical (unpaired) electrons. The number of aryl methyl sites for hydroxylation is 1. The van der Waals surface area contributed by atoms with Gasteiger partial charge in [0.05, 0.1) is 23.8 Å². The summed E-state index contributed by atoms with van der Waals surface area (Å²) in [5, 5.41) is 0. The largest absolute Gasteiger partial charge is 0.379 e. The van der Waals surface area contributed by atoms with Crippen molar-refractivity contribution in [2.75, 3.05) is 26.3 Å². The van der Waals surface area contributed by atoms with Gasteiger partial charge >= 0.3 is 0 Å². The maximum absolute atomic E-state index is 12.7. The smallest absolute Gasteiger partial charge is 0.269 e. The number of hydrazine groups is 1. The first-order valence-corrected chi connectivity index (χ1v) is 10.3. The van der Waals surface area contributed by atoms with E-state index in [1.807, 2.05) is 31.2 Å². The zero-order valence-electron chi connectivity index (χ0n) is 15.6. The average molecular weight is 401 g/mol. The summed E-state index contributed by atoms with van der Waals surface area (Å²) in [6.07, 6.45) is 0. The lowest BCUT2D eigenvalue weighted by Gasteiger charge is -2.26. The van der Waals surface area contributed by atoms with Gasteiger partial charge in [-0.15, -0.1) is 0 Å². The SMILES string of the molecule is C=C(NNC(=O)c1cccc(S(=O)(=O)N2CCOCC2)c1)c1ccc(C)cc1. The highest BCUT2D eigenvalue weighted by molar-refractivity contribution is 7.89. The van der Waals surface area contributed by atoms with Crippen LogP contribution in [0.5, 0.6) is 0 Å². The number of hydrogen-bond acceptors (Lipinski definition) is 5. The van der Waals surface area contributed by atoms with Crippen LogP contribution < -0.4 is 10.9 Å². The van der Waals surface area contributed by atoms with Crippen LogP contribution >= 0.6 is 0 Å². The molecular weight excluding hydrogens is 378 g/mol. The standard InChI is InChI=1S/C20H23N3O4S/c1-15-6-8-17(9-7-15)16(2)21-22-20(24)18-4-3-5-19(14-18)28(25,26)23-10-12-27-13-11-23/h3-9,14,21H,2,10-13H2,1H3,(H,22,24). The molecule has 28 heavy (non-hydrogen) atoms. The number of carbonyl (C=O) groups excluding carboxylic acids is 1. The molecule has 1 aliphatic heterocycles. The number of ether oxygens (including phenoxy) is 1. The average Bonchev–Trinajstić information content (AvgIpc) is 2.73. The fourth-order valence-corrected chi connectivity index (χ4v) is 4.22. The first-order valence-electron chi connectivity index (χ1n) is 8.88. The van der Waals surface area contributed by atoms with Gasteiger partial charge < -0.3 is 4.74 Å². The Morgan fingerprint density at radius 2 is 1.71 bits per heavy atom. The minimum Gasteiger partial charge on any atom is -0.379 e. The van der Waals surface area contributed by atoms with Crippen molar-refractivity contribution in [2.45, 2.75) is 11.8 Å². The van der Waals surface area contributed by atoms with Crippen LogP contribution in [0.25, 0.3) is 5.70 Å². The maximum atomic E-state index is 12.7. The molecule has 0 saturated carbocycles. The van der Waals surface area contributed by atoms with Gasteiger partial charge in [-0.2, -0.15) is 4.31 Å². The lowest BCUT2D eigenvalue weighted by molar-refractivity contribution is 0.0730. The lowest BCUT2D eigenvalue weighted by Crippen LogP contribution is -2.40. The number of nitrogens with one attached hydrogen (secondary N) is 2. The van der Waals surface area contributed by atoms with Crippen molar-refractivity contribution >= 4 is 21.6 Å². The van der Waals surface area contributed by atoms with Crippen molar-refractivity contribution in [1.82, 2.24) is 15.2 Å². The fraction of sp³-hybridized carbons (Fsp3) is 0.250. The quantitative estimate of drug-likeness (QED) is 0.722. The topological polar surface area (TPSA) is 87.7 Å². The van der Waals surface area contributed by atoms with Gasteiger partial charge in [0, 0.05) is 18.7 Å². The summed E-state index contributed by atoms with van der Waals surface area (Å²) in [6, 6.07) is 13.7. The molecule has 0 spiro atoms. The van der Waals surface area contributed by atoms with Gasteiger partial charge in [0.25, 0.3) is 5.91 Å². The van der Waals surface area contributed by atoms with Crippen molar-refractivity contribution in [2.24, 2.45) is 0 Å². The van der Waals surface area contributed by atoms with Crippen LogP contribution in [0.4, 0.5) is 0 Å². The van der Waals surface area contributed by atoms with E-state index in [1.165, 1.54) is 16.4 Å². The van der Waals surface area contributed by atoms with E-state index >= 15 is 0 Å². The van der Waals surface area contributed by atoms with Crippen LogP contribution in [0.3, 0.4) is 0 Å². The third-order valence-electron chi connectivity index (χ3n) is 4.43. The number of nitrogens with zero attached hydrogens (tertiary/aromatic N) is 1. The Hall–Kier alpha value is -2.68. The normalized spacial score (nSPS) is 15.0. The molecule has 3 rings (SSSR count). The van der Waals surface area contributed by atoms with Crippen LogP contribution in [-0.4, -0.2) is 44.9 Å². The van der Waals surface area contributed by atoms with Crippen LogP contribution in [-0.2, 0) is 14.8 Å². The highest BCUT2D eigenvalue weighted by atomic mass is 32.2. The molecule has 1 fully saturated rings. The maximum Gasteiger partial charge on any atom is 0.269 e. The number of amides is 1. The molecule has 2 aromatic rings. The van der Waals surface area contributed by atoms with Gasteiger partial charge in [-0.3, -0.25) is 15.6 Å². The van der Waals surface area contributed by atoms with Crippen molar-refractivity contribution in [3.05, 3.63) is 71.8 Å². The first kappa shape index (κ1) is 20.1. The minimum atomic E-state index is -3.66. The third kappa shape index (κ3) is 4.59. The van der Waals surface area contributed by atoms with Crippen LogP contribution in [0.15, 0.2) is 60.0 Å². The second kappa shape index (κ2) is 8.55. The second-order valence-corrected chi connectivity index (χ2v) is 8.41. The highest BCUT2D eigenvalue weighted by Gasteiger charge is 2.26. The van der Waals surface area contributed by atoms with Crippen molar-refractivity contribution < 1.29 is 17.9 Å². The van der Waals surface area contributed by atoms with E-state index in [1.54, 1.807) is 12.1 Å². The summed E-state index contributed by atoms with van der Waals surface area (Å²) in [4.78, 5) is 12.5. The number of hydrogen-bond donors (Lipinski definition) is 2. The van der Waals surface area contributed by atoms with Gasteiger partial charge in [-0.05, 0) is 30.7 Å². The van der Waals surface area contributed by atoms with Crippen molar-refractivity contribution in [3.63, 3.8) is 0 Å². The van der Waals surface area contributed by atoms with Gasteiger partial charge in [0.15, 0.2) is 0 Å². The highest BCUT2D eigenvalue weighted by Crippen LogP contribution is 2.18. The van der Waals surface area contributed by atoms with E-state index < -0.39 is 15.9 Å². The Morgan fingerprint density at radius 3 is 2.39 bits per heavy atom. The molecule has 7 nitrogen and oxygen atoms in total. The molecule has 1 saturated heterocycles. The molecule has 0 aliphatic carbocycles. The van der Waals surface area contributed by atoms with Gasteiger partial charge in [0.1, 0.15) is 0 Å². The number of carbonyl (C=O) groups is 1. The molecule has 0 aromatic heterocycles. The van der Waals surface area contributed by atoms with Crippen molar-refractivity contribution in [1.29, 1.82) is 0 Å². The van der Waals surface area contributed by atoms with E-state index in [0.29, 0.717) is 32.0 Å². The van der Waals surface area contributed by atoms with Crippen LogP contribution in [0.1, 0.15) is 21.5 Å². The summed E-state index contributed by atoms with van der Waals surface area (Å²) in [6.45, 7) is 7.22. The summed E-state index contributed by atoms with van der Waals surface area (Å²) in [5.74, 6) is -0.452. The molecule has 0 atom stereocenters. The van der Waals surface area contributed by atoms with Gasteiger partial charge in [0.2, 0.25) is 10.0 Å². The van der Waals surface area contributed by atoms with Crippen LogP contribution in [0.2, 0.25) is 0 Å². The van der Waals surface area contributed by atoms with E-state index in [0.717, 1.165) is 11.1 Å². The Morgan fingerprint density at radius 1 is 1.04 bits per heavy atom. The molecule has 2 aromatic carbocycles. The fourth-order valence-electron chi connectivity index (χ4n) is 2.77. The van der Waals surface area contributed by atoms with E-state index in [-0.39, 0.29) is 10.5 Å². The Labute approximate surface area is 165 Å². The van der Waals surface area contributed by atoms with E-state index in [2.05, 4.69) is 17.4 Å². The zero-order valence-corrected chi connectivity index (χ0v) is 16.5. The summed E-state index contributed by atoms with van der Waals surface area (Å²) >= 11 is 0. The van der Waals surface area contributed by atoms with Crippen LogP contribution in [0, 0.1) is 6.92 Å². The first-order chi connectivity index (χ1) is 13.4. The Balaban J connectivity index is 1.68. The predicted molar refractivity (Wildman–Crippen MR) is 107 cm³/mol. The molecule has 0 bridgehead atoms. The lowest BCUT2D eigenvalue weighted by atomic mass is 10.1. The molecule has 2 N–H and O–H groups in total. The molecule has 1 aliphatic rings. The zero-order chi connectivity index (χ0) is 20.1. The second-order valence-electron chi connectivity index (χ2n) is 6.47. The van der Waals surface area contributed by atoms with E-state index in [9.17, 15) is 13.2 Å². The third-order valence-corrected chi connectivity index (χ3v) is 6.33. The summed E-state index contributed by atoms with van der Waals surface area (Å²) in [5.41, 5.74) is 8.05. The van der Waals surface area contributed by atoms with Gasteiger partial charge in [-0.1, -0.05) is 42.5 Å². The number of sulfonamides is 1. The predicted octanol–water partition coefficient (Wildman–Crippen LogP) is 1.92.